The van der Waals surface area contributed by atoms with Crippen molar-refractivity contribution in [1.82, 2.24) is 0 Å². The Balaban J connectivity index is 3.26. The van der Waals surface area contributed by atoms with E-state index in [1.54, 1.807) is 0 Å². The Hall–Kier alpha value is -1.56. The lowest BCUT2D eigenvalue weighted by molar-refractivity contribution is -0.141. The molecule has 1 unspecified atom stereocenters. The number of nitrogens with two attached hydrogens (primary N) is 1. The van der Waals surface area contributed by atoms with Crippen LogP contribution in [0.5, 0.6) is 0 Å². The maximum Gasteiger partial charge on any atom is 0.416 e. The smallest absolute Gasteiger partial charge is 0.416 e. The molecule has 0 aromatic heterocycles. The highest BCUT2D eigenvalue weighted by molar-refractivity contribution is 5.69. The molecule has 1 atom stereocenters. The van der Waals surface area contributed by atoms with Crippen LogP contribution in [0.4, 0.5) is 13.2 Å². The van der Waals surface area contributed by atoms with Crippen LogP contribution in [0.25, 0.3) is 0 Å². The number of halogens is 3. The van der Waals surface area contributed by atoms with E-state index in [0.29, 0.717) is 0 Å². The quantitative estimate of drug-likeness (QED) is 0.861. The maximum absolute atomic E-state index is 12.7. The highest BCUT2D eigenvalue weighted by Crippen LogP contribution is 2.36. The van der Waals surface area contributed by atoms with Crippen LogP contribution < -0.4 is 5.73 Å². The second-order valence-electron chi connectivity index (χ2n) is 4.03. The van der Waals surface area contributed by atoms with Gasteiger partial charge in [0.2, 0.25) is 0 Å². The predicted octanol–water partition coefficient (Wildman–Crippen LogP) is 2.35. The number of aliphatic carboxylic acids is 1. The highest BCUT2D eigenvalue weighted by atomic mass is 19.4. The minimum Gasteiger partial charge on any atom is -0.481 e. The molecular weight excluding hydrogens is 235 g/mol. The van der Waals surface area contributed by atoms with Gasteiger partial charge in [-0.2, -0.15) is 13.2 Å². The van der Waals surface area contributed by atoms with Gasteiger partial charge in [0.05, 0.1) is 12.0 Å². The lowest BCUT2D eigenvalue weighted by Crippen LogP contribution is -2.37. The molecular formula is C11H12F3NO2. The molecule has 3 nitrogen and oxygen atoms in total. The lowest BCUT2D eigenvalue weighted by atomic mass is 9.86. The molecule has 0 fully saturated rings. The topological polar surface area (TPSA) is 63.3 Å². The number of carbonyl (C=O) groups is 1. The molecule has 0 saturated carbocycles. The summed E-state index contributed by atoms with van der Waals surface area (Å²) in [6, 6.07) is 4.73. The molecule has 0 bridgehead atoms. The fraction of sp³-hybridized carbons (Fsp3) is 0.364. The Morgan fingerprint density at radius 2 is 1.76 bits per heavy atom. The van der Waals surface area contributed by atoms with Crippen molar-refractivity contribution in [3.63, 3.8) is 0 Å². The summed E-state index contributed by atoms with van der Waals surface area (Å²) < 4.78 is 38.1. The molecule has 17 heavy (non-hydrogen) atoms. The van der Waals surface area contributed by atoms with Gasteiger partial charge in [-0.1, -0.05) is 18.2 Å². The Morgan fingerprint density at radius 3 is 2.18 bits per heavy atom. The van der Waals surface area contributed by atoms with Crippen LogP contribution in [0.1, 0.15) is 24.5 Å². The van der Waals surface area contributed by atoms with Gasteiger partial charge < -0.3 is 10.8 Å². The minimum absolute atomic E-state index is 0.213. The van der Waals surface area contributed by atoms with Crippen molar-refractivity contribution in [2.75, 3.05) is 0 Å². The summed E-state index contributed by atoms with van der Waals surface area (Å²) in [7, 11) is 0. The van der Waals surface area contributed by atoms with Gasteiger partial charge in [-0.05, 0) is 18.6 Å². The lowest BCUT2D eigenvalue weighted by Gasteiger charge is -2.26. The zero-order valence-electron chi connectivity index (χ0n) is 9.08. The summed E-state index contributed by atoms with van der Waals surface area (Å²) in [4.78, 5) is 10.6. The summed E-state index contributed by atoms with van der Waals surface area (Å²) in [6.07, 6.45) is -5.12. The number of hydrogen-bond acceptors (Lipinski definition) is 2. The highest BCUT2D eigenvalue weighted by Gasteiger charge is 2.38. The fourth-order valence-electron chi connectivity index (χ4n) is 1.64. The zero-order valence-corrected chi connectivity index (χ0v) is 9.08. The summed E-state index contributed by atoms with van der Waals surface area (Å²) >= 11 is 0. The molecule has 3 N–H and O–H groups in total. The summed E-state index contributed by atoms with van der Waals surface area (Å²) in [6.45, 7) is 1.27. The zero-order chi connectivity index (χ0) is 13.3. The predicted molar refractivity (Wildman–Crippen MR) is 55.2 cm³/mol. The fourth-order valence-corrected chi connectivity index (χ4v) is 1.64. The third-order valence-corrected chi connectivity index (χ3v) is 2.37. The average Bonchev–Trinajstić information content (AvgIpc) is 2.14. The minimum atomic E-state index is -4.55. The van der Waals surface area contributed by atoms with Crippen LogP contribution in [0.3, 0.4) is 0 Å². The Kier molecular flexibility index (Phi) is 3.47. The average molecular weight is 247 g/mol. The first-order valence-corrected chi connectivity index (χ1v) is 4.82. The van der Waals surface area contributed by atoms with Crippen LogP contribution in [0, 0.1) is 0 Å². The number of alkyl halides is 3. The molecule has 0 amide bonds. The van der Waals surface area contributed by atoms with E-state index in [1.165, 1.54) is 25.1 Å². The third-order valence-electron chi connectivity index (χ3n) is 2.37. The van der Waals surface area contributed by atoms with Gasteiger partial charge in [0.15, 0.2) is 0 Å². The molecule has 94 valence electrons. The molecule has 0 saturated heterocycles. The number of benzene rings is 1. The van der Waals surface area contributed by atoms with Crippen LogP contribution >= 0.6 is 0 Å². The number of hydrogen-bond donors (Lipinski definition) is 2. The SMILES string of the molecule is CC(N)(CC(=O)O)c1ccccc1C(F)(F)F. The molecule has 6 heteroatoms. The van der Waals surface area contributed by atoms with Crippen LogP contribution in [-0.4, -0.2) is 11.1 Å². The van der Waals surface area contributed by atoms with Gasteiger partial charge in [0.25, 0.3) is 0 Å². The Morgan fingerprint density at radius 1 is 1.29 bits per heavy atom. The van der Waals surface area contributed by atoms with Gasteiger partial charge >= 0.3 is 12.1 Å². The van der Waals surface area contributed by atoms with E-state index in [1.807, 2.05) is 0 Å². The first-order valence-electron chi connectivity index (χ1n) is 4.82. The van der Waals surface area contributed by atoms with Crippen molar-refractivity contribution in [2.45, 2.75) is 25.1 Å². The number of rotatable bonds is 3. The summed E-state index contributed by atoms with van der Waals surface area (Å²) in [5.41, 5.74) is 2.99. The standard InChI is InChI=1S/C11H12F3NO2/c1-10(15,6-9(16)17)7-4-2-3-5-8(7)11(12,13)14/h2-5H,6,15H2,1H3,(H,16,17). The van der Waals surface area contributed by atoms with Gasteiger partial charge in [-0.25, -0.2) is 0 Å². The molecule has 0 radical (unpaired) electrons. The number of carboxylic acids is 1. The Labute approximate surface area is 96.0 Å². The van der Waals surface area contributed by atoms with Crippen molar-refractivity contribution in [3.05, 3.63) is 35.4 Å². The molecule has 0 spiro atoms. The van der Waals surface area contributed by atoms with E-state index >= 15 is 0 Å². The van der Waals surface area contributed by atoms with Crippen LogP contribution in [-0.2, 0) is 16.5 Å². The van der Waals surface area contributed by atoms with E-state index < -0.39 is 29.7 Å². The van der Waals surface area contributed by atoms with Crippen molar-refractivity contribution in [3.8, 4) is 0 Å². The third kappa shape index (κ3) is 3.20. The molecule has 1 aromatic rings. The molecule has 0 heterocycles. The van der Waals surface area contributed by atoms with E-state index in [2.05, 4.69) is 0 Å². The van der Waals surface area contributed by atoms with Gasteiger partial charge in [0.1, 0.15) is 0 Å². The summed E-state index contributed by atoms with van der Waals surface area (Å²) in [5, 5.41) is 8.64. The second kappa shape index (κ2) is 4.37. The van der Waals surface area contributed by atoms with E-state index in [4.69, 9.17) is 10.8 Å². The van der Waals surface area contributed by atoms with Gasteiger partial charge in [0, 0.05) is 5.54 Å². The maximum atomic E-state index is 12.7. The van der Waals surface area contributed by atoms with E-state index in [-0.39, 0.29) is 5.56 Å². The largest absolute Gasteiger partial charge is 0.481 e. The number of carboxylic acid groups (broad SMARTS) is 1. The molecule has 0 aliphatic carbocycles. The Bertz CT molecular complexity index is 427. The van der Waals surface area contributed by atoms with Crippen molar-refractivity contribution in [1.29, 1.82) is 0 Å². The first kappa shape index (κ1) is 13.5. The van der Waals surface area contributed by atoms with Crippen molar-refractivity contribution < 1.29 is 23.1 Å². The second-order valence-corrected chi connectivity index (χ2v) is 4.03. The van der Waals surface area contributed by atoms with E-state index in [9.17, 15) is 18.0 Å². The van der Waals surface area contributed by atoms with E-state index in [0.717, 1.165) is 6.07 Å². The summed E-state index contributed by atoms with van der Waals surface area (Å²) in [5.74, 6) is -1.24. The van der Waals surface area contributed by atoms with Crippen molar-refractivity contribution in [2.24, 2.45) is 5.73 Å². The first-order chi connectivity index (χ1) is 7.64. The monoisotopic (exact) mass is 247 g/mol. The van der Waals surface area contributed by atoms with Gasteiger partial charge in [-0.3, -0.25) is 4.79 Å². The molecule has 0 aliphatic heterocycles. The van der Waals surface area contributed by atoms with Crippen LogP contribution in [0.15, 0.2) is 24.3 Å². The van der Waals surface area contributed by atoms with Gasteiger partial charge in [-0.15, -0.1) is 0 Å². The molecule has 1 rings (SSSR count). The normalized spacial score (nSPS) is 15.4. The molecule has 0 aliphatic rings. The van der Waals surface area contributed by atoms with Crippen LogP contribution in [0.2, 0.25) is 0 Å². The molecule has 1 aromatic carbocycles. The van der Waals surface area contributed by atoms with Crippen molar-refractivity contribution >= 4 is 5.97 Å².